The summed E-state index contributed by atoms with van der Waals surface area (Å²) in [6, 6.07) is 13.8. The first kappa shape index (κ1) is 23.6. The molecule has 0 aromatic heterocycles. The van der Waals surface area contributed by atoms with E-state index >= 15 is 0 Å². The summed E-state index contributed by atoms with van der Waals surface area (Å²) in [4.78, 5) is 23.3. The van der Waals surface area contributed by atoms with Gasteiger partial charge in [-0.25, -0.2) is 8.42 Å². The van der Waals surface area contributed by atoms with Crippen molar-refractivity contribution in [2.45, 2.75) is 18.8 Å². The van der Waals surface area contributed by atoms with Gasteiger partial charge in [0, 0.05) is 18.7 Å². The molecule has 3 N–H and O–H groups in total. The van der Waals surface area contributed by atoms with Gasteiger partial charge in [0.2, 0.25) is 0 Å². The van der Waals surface area contributed by atoms with Gasteiger partial charge in [0.25, 0.3) is 5.91 Å². The van der Waals surface area contributed by atoms with E-state index in [9.17, 15) is 18.0 Å². The highest BCUT2D eigenvalue weighted by atomic mass is 35.5. The molecule has 2 aromatic carbocycles. The number of nitrogens with one attached hydrogen (secondary N) is 1. The lowest BCUT2D eigenvalue weighted by molar-refractivity contribution is -0.137. The fourth-order valence-electron chi connectivity index (χ4n) is 2.37. The van der Waals surface area contributed by atoms with Crippen LogP contribution in [0.15, 0.2) is 48.5 Å². The van der Waals surface area contributed by atoms with Crippen molar-refractivity contribution in [1.29, 1.82) is 0 Å². The largest absolute Gasteiger partial charge is 0.468 e. The number of nitrogens with two attached hydrogens (primary N) is 1. The Hall–Kier alpha value is -2.42. The molecule has 0 fully saturated rings. The van der Waals surface area contributed by atoms with E-state index in [1.807, 2.05) is 0 Å². The van der Waals surface area contributed by atoms with E-state index in [0.717, 1.165) is 18.2 Å². The van der Waals surface area contributed by atoms with Crippen LogP contribution in [0.25, 0.3) is 0 Å². The second-order valence-corrected chi connectivity index (χ2v) is 8.07. The predicted molar refractivity (Wildman–Crippen MR) is 109 cm³/mol. The quantitative estimate of drug-likeness (QED) is 0.619. The number of carbonyl (C=O) groups excluding carboxylic acids is 2. The Morgan fingerprint density at radius 2 is 1.50 bits per heavy atom. The molecular weight excluding hydrogens is 404 g/mol. The fourth-order valence-corrected chi connectivity index (χ4v) is 3.65. The van der Waals surface area contributed by atoms with Crippen molar-refractivity contribution in [3.63, 3.8) is 0 Å². The molecule has 0 aliphatic rings. The standard InChI is InChI=1S/C19H22N2O5S.ClH/c1-26-18(22)13-27(24,25)12-16-4-2-15(3-5-16)11-21-19(23)17-8-6-14(10-20)7-9-17;/h2-9H,10-13,20H2,1H3,(H,21,23);1H. The molecule has 0 bridgehead atoms. The minimum Gasteiger partial charge on any atom is -0.468 e. The number of hydrogen-bond donors (Lipinski definition) is 2. The Bertz CT molecular complexity index is 897. The first-order valence-electron chi connectivity index (χ1n) is 8.25. The van der Waals surface area contributed by atoms with Crippen molar-refractivity contribution in [3.05, 3.63) is 70.8 Å². The Morgan fingerprint density at radius 3 is 2.04 bits per heavy atom. The molecule has 0 spiro atoms. The van der Waals surface area contributed by atoms with Gasteiger partial charge < -0.3 is 15.8 Å². The van der Waals surface area contributed by atoms with Crippen LogP contribution in [0.3, 0.4) is 0 Å². The predicted octanol–water partition coefficient (Wildman–Crippen LogP) is 1.58. The molecule has 0 unspecified atom stereocenters. The molecule has 0 radical (unpaired) electrons. The van der Waals surface area contributed by atoms with Crippen LogP contribution in [-0.4, -0.2) is 33.2 Å². The van der Waals surface area contributed by atoms with E-state index in [1.165, 1.54) is 0 Å². The van der Waals surface area contributed by atoms with Crippen LogP contribution in [0.2, 0.25) is 0 Å². The van der Waals surface area contributed by atoms with Crippen LogP contribution in [0, 0.1) is 0 Å². The summed E-state index contributed by atoms with van der Waals surface area (Å²) in [5, 5.41) is 2.80. The maximum atomic E-state index is 12.1. The van der Waals surface area contributed by atoms with Gasteiger partial charge in [-0.15, -0.1) is 12.4 Å². The third-order valence-corrected chi connectivity index (χ3v) is 5.33. The molecule has 0 aliphatic carbocycles. The summed E-state index contributed by atoms with van der Waals surface area (Å²) in [6.07, 6.45) is 0. The molecule has 0 saturated carbocycles. The van der Waals surface area contributed by atoms with E-state index in [1.54, 1.807) is 48.5 Å². The van der Waals surface area contributed by atoms with Crippen molar-refractivity contribution in [1.82, 2.24) is 5.32 Å². The van der Waals surface area contributed by atoms with Crippen LogP contribution in [-0.2, 0) is 38.2 Å². The first-order valence-corrected chi connectivity index (χ1v) is 10.1. The highest BCUT2D eigenvalue weighted by Crippen LogP contribution is 2.10. The number of halogens is 1. The average molecular weight is 427 g/mol. The van der Waals surface area contributed by atoms with Gasteiger partial charge in [0.15, 0.2) is 9.84 Å². The zero-order chi connectivity index (χ0) is 19.9. The SMILES string of the molecule is COC(=O)CS(=O)(=O)Cc1ccc(CNC(=O)c2ccc(CN)cc2)cc1.Cl. The fraction of sp³-hybridized carbons (Fsp3) is 0.263. The molecule has 9 heteroatoms. The maximum Gasteiger partial charge on any atom is 0.320 e. The van der Waals surface area contributed by atoms with Crippen molar-refractivity contribution >= 4 is 34.1 Å². The molecular formula is C19H23ClN2O5S. The minimum absolute atomic E-state index is 0. The van der Waals surface area contributed by atoms with E-state index in [2.05, 4.69) is 10.1 Å². The van der Waals surface area contributed by atoms with Crippen LogP contribution in [0.4, 0.5) is 0 Å². The summed E-state index contributed by atoms with van der Waals surface area (Å²) in [6.45, 7) is 0.732. The summed E-state index contributed by atoms with van der Waals surface area (Å²) >= 11 is 0. The van der Waals surface area contributed by atoms with Gasteiger partial charge in [-0.3, -0.25) is 9.59 Å². The van der Waals surface area contributed by atoms with Gasteiger partial charge in [-0.1, -0.05) is 36.4 Å². The number of ether oxygens (including phenoxy) is 1. The Labute approximate surface area is 170 Å². The summed E-state index contributed by atoms with van der Waals surface area (Å²) in [5.41, 5.74) is 8.41. The molecule has 0 saturated heterocycles. The molecule has 0 atom stereocenters. The minimum atomic E-state index is -3.58. The highest BCUT2D eigenvalue weighted by molar-refractivity contribution is 7.91. The van der Waals surface area contributed by atoms with Gasteiger partial charge >= 0.3 is 5.97 Å². The van der Waals surface area contributed by atoms with Crippen molar-refractivity contribution in [3.8, 4) is 0 Å². The van der Waals surface area contributed by atoms with E-state index in [4.69, 9.17) is 5.73 Å². The molecule has 2 rings (SSSR count). The monoisotopic (exact) mass is 426 g/mol. The Kier molecular flexibility index (Phi) is 9.11. The summed E-state index contributed by atoms with van der Waals surface area (Å²) in [5.74, 6) is -1.89. The van der Waals surface area contributed by atoms with Gasteiger partial charge in [0.05, 0.1) is 12.9 Å². The third-order valence-electron chi connectivity index (χ3n) is 3.88. The smallest absolute Gasteiger partial charge is 0.320 e. The van der Waals surface area contributed by atoms with Gasteiger partial charge in [-0.2, -0.15) is 0 Å². The first-order chi connectivity index (χ1) is 12.8. The molecule has 7 nitrogen and oxygen atoms in total. The lowest BCUT2D eigenvalue weighted by Crippen LogP contribution is -2.22. The molecule has 2 aromatic rings. The van der Waals surface area contributed by atoms with E-state index < -0.39 is 21.6 Å². The van der Waals surface area contributed by atoms with Crippen LogP contribution >= 0.6 is 12.4 Å². The van der Waals surface area contributed by atoms with Crippen LogP contribution < -0.4 is 11.1 Å². The molecule has 0 aliphatic heterocycles. The van der Waals surface area contributed by atoms with Crippen LogP contribution in [0.5, 0.6) is 0 Å². The van der Waals surface area contributed by atoms with Gasteiger partial charge in [-0.05, 0) is 28.8 Å². The number of carbonyl (C=O) groups is 2. The second-order valence-electron chi connectivity index (χ2n) is 6.01. The number of sulfone groups is 1. The summed E-state index contributed by atoms with van der Waals surface area (Å²) in [7, 11) is -2.43. The topological polar surface area (TPSA) is 116 Å². The number of hydrogen-bond acceptors (Lipinski definition) is 6. The Morgan fingerprint density at radius 1 is 0.964 bits per heavy atom. The Balaban J connectivity index is 0.00000392. The highest BCUT2D eigenvalue weighted by Gasteiger charge is 2.17. The lowest BCUT2D eigenvalue weighted by Gasteiger charge is -2.08. The number of esters is 1. The average Bonchev–Trinajstić information content (AvgIpc) is 2.66. The van der Waals surface area contributed by atoms with Crippen molar-refractivity contribution in [2.75, 3.05) is 12.9 Å². The maximum absolute atomic E-state index is 12.1. The molecule has 1 amide bonds. The van der Waals surface area contributed by atoms with Crippen molar-refractivity contribution in [2.24, 2.45) is 5.73 Å². The molecule has 152 valence electrons. The van der Waals surface area contributed by atoms with Gasteiger partial charge in [0.1, 0.15) is 5.75 Å². The summed E-state index contributed by atoms with van der Waals surface area (Å²) < 4.78 is 28.2. The van der Waals surface area contributed by atoms with Crippen molar-refractivity contribution < 1.29 is 22.7 Å². The number of benzene rings is 2. The zero-order valence-corrected chi connectivity index (χ0v) is 17.0. The number of rotatable bonds is 8. The normalized spacial score (nSPS) is 10.6. The number of methoxy groups -OCH3 is 1. The van der Waals surface area contributed by atoms with Crippen LogP contribution in [0.1, 0.15) is 27.0 Å². The second kappa shape index (κ2) is 10.8. The van der Waals surface area contributed by atoms with E-state index in [0.29, 0.717) is 24.2 Å². The lowest BCUT2D eigenvalue weighted by atomic mass is 10.1. The molecule has 0 heterocycles. The zero-order valence-electron chi connectivity index (χ0n) is 15.4. The third kappa shape index (κ3) is 7.30. The van der Waals surface area contributed by atoms with E-state index in [-0.39, 0.29) is 24.1 Å². The molecule has 28 heavy (non-hydrogen) atoms. The number of amides is 1.